The molecule has 0 radical (unpaired) electrons. The second-order valence-electron chi connectivity index (χ2n) is 5.51. The molecule has 0 heterocycles. The Hall–Kier alpha value is -0.570. The van der Waals surface area contributed by atoms with Crippen molar-refractivity contribution in [2.24, 2.45) is 11.7 Å². The SMILES string of the molecule is CCCCCN(CCCCC)C(=O)CC(CC)CN. The quantitative estimate of drug-likeness (QED) is 0.551. The largest absolute Gasteiger partial charge is 0.343 e. The second-order valence-corrected chi connectivity index (χ2v) is 5.51. The Morgan fingerprint density at radius 3 is 1.89 bits per heavy atom. The first-order chi connectivity index (χ1) is 9.19. The predicted octanol–water partition coefficient (Wildman–Crippen LogP) is 3.57. The molecule has 114 valence electrons. The second kappa shape index (κ2) is 12.5. The number of hydrogen-bond acceptors (Lipinski definition) is 2. The highest BCUT2D eigenvalue weighted by Gasteiger charge is 2.16. The molecule has 0 aromatic heterocycles. The summed E-state index contributed by atoms with van der Waals surface area (Å²) < 4.78 is 0. The molecule has 3 heteroatoms. The van der Waals surface area contributed by atoms with Gasteiger partial charge in [-0.05, 0) is 25.3 Å². The van der Waals surface area contributed by atoms with E-state index in [1.54, 1.807) is 0 Å². The lowest BCUT2D eigenvalue weighted by Gasteiger charge is -2.24. The molecule has 0 rings (SSSR count). The van der Waals surface area contributed by atoms with Crippen molar-refractivity contribution >= 4 is 5.91 Å². The number of nitrogens with zero attached hydrogens (tertiary/aromatic N) is 1. The van der Waals surface area contributed by atoms with Crippen LogP contribution in [0, 0.1) is 5.92 Å². The Morgan fingerprint density at radius 1 is 1.00 bits per heavy atom. The van der Waals surface area contributed by atoms with Crippen LogP contribution in [0.5, 0.6) is 0 Å². The maximum absolute atomic E-state index is 12.3. The first-order valence-corrected chi connectivity index (χ1v) is 8.17. The van der Waals surface area contributed by atoms with E-state index in [4.69, 9.17) is 5.73 Å². The molecule has 0 spiro atoms. The minimum atomic E-state index is 0.310. The summed E-state index contributed by atoms with van der Waals surface area (Å²) in [5.74, 6) is 0.664. The molecule has 0 saturated carbocycles. The standard InChI is InChI=1S/C16H34N2O/c1-4-7-9-11-18(12-10-8-5-2)16(19)13-15(6-3)14-17/h15H,4-14,17H2,1-3H3. The van der Waals surface area contributed by atoms with Gasteiger partial charge in [-0.25, -0.2) is 0 Å². The van der Waals surface area contributed by atoms with Crippen molar-refractivity contribution in [1.29, 1.82) is 0 Å². The molecule has 0 bridgehead atoms. The van der Waals surface area contributed by atoms with Gasteiger partial charge in [0.15, 0.2) is 0 Å². The third-order valence-electron chi connectivity index (χ3n) is 3.79. The van der Waals surface area contributed by atoms with Crippen molar-refractivity contribution in [3.63, 3.8) is 0 Å². The van der Waals surface area contributed by atoms with Crippen molar-refractivity contribution < 1.29 is 4.79 Å². The van der Waals surface area contributed by atoms with E-state index in [9.17, 15) is 4.79 Å². The molecule has 0 aliphatic heterocycles. The molecule has 0 saturated heterocycles. The fraction of sp³-hybridized carbons (Fsp3) is 0.938. The van der Waals surface area contributed by atoms with Gasteiger partial charge in [0.25, 0.3) is 0 Å². The lowest BCUT2D eigenvalue weighted by Crippen LogP contribution is -2.35. The summed E-state index contributed by atoms with van der Waals surface area (Å²) in [6.45, 7) is 8.99. The van der Waals surface area contributed by atoms with Gasteiger partial charge in [0.1, 0.15) is 0 Å². The van der Waals surface area contributed by atoms with Gasteiger partial charge in [0.05, 0.1) is 0 Å². The predicted molar refractivity (Wildman–Crippen MR) is 83.1 cm³/mol. The molecule has 0 aromatic rings. The fourth-order valence-corrected chi connectivity index (χ4v) is 2.24. The highest BCUT2D eigenvalue weighted by Crippen LogP contribution is 2.11. The lowest BCUT2D eigenvalue weighted by molar-refractivity contribution is -0.132. The molecule has 0 aliphatic carbocycles. The number of carbonyl (C=O) groups excluding carboxylic acids is 1. The van der Waals surface area contributed by atoms with E-state index in [1.165, 1.54) is 25.7 Å². The summed E-state index contributed by atoms with van der Waals surface area (Å²) in [5.41, 5.74) is 5.70. The Labute approximate surface area is 119 Å². The zero-order valence-electron chi connectivity index (χ0n) is 13.3. The Morgan fingerprint density at radius 2 is 1.53 bits per heavy atom. The number of unbranched alkanes of at least 4 members (excludes halogenated alkanes) is 4. The molecule has 2 N–H and O–H groups in total. The molecule has 3 nitrogen and oxygen atoms in total. The molecule has 0 aliphatic rings. The minimum Gasteiger partial charge on any atom is -0.343 e. The van der Waals surface area contributed by atoms with E-state index in [0.29, 0.717) is 24.8 Å². The normalized spacial score (nSPS) is 12.4. The topological polar surface area (TPSA) is 46.3 Å². The highest BCUT2D eigenvalue weighted by atomic mass is 16.2. The number of amides is 1. The molecular weight excluding hydrogens is 236 g/mol. The summed E-state index contributed by atoms with van der Waals surface area (Å²) >= 11 is 0. The zero-order valence-corrected chi connectivity index (χ0v) is 13.3. The molecular formula is C16H34N2O. The Bertz CT molecular complexity index is 205. The van der Waals surface area contributed by atoms with Gasteiger partial charge in [0.2, 0.25) is 5.91 Å². The summed E-state index contributed by atoms with van der Waals surface area (Å²) in [7, 11) is 0. The average molecular weight is 270 g/mol. The van der Waals surface area contributed by atoms with Gasteiger partial charge in [-0.2, -0.15) is 0 Å². The summed E-state index contributed by atoms with van der Waals surface area (Å²) in [6.07, 6.45) is 8.73. The van der Waals surface area contributed by atoms with Crippen LogP contribution in [0.25, 0.3) is 0 Å². The van der Waals surface area contributed by atoms with E-state index in [2.05, 4.69) is 25.7 Å². The third-order valence-corrected chi connectivity index (χ3v) is 3.79. The van der Waals surface area contributed by atoms with Crippen molar-refractivity contribution in [1.82, 2.24) is 4.90 Å². The molecule has 1 amide bonds. The smallest absolute Gasteiger partial charge is 0.222 e. The van der Waals surface area contributed by atoms with Gasteiger partial charge in [0, 0.05) is 19.5 Å². The van der Waals surface area contributed by atoms with Crippen LogP contribution in [-0.2, 0) is 4.79 Å². The summed E-state index contributed by atoms with van der Waals surface area (Å²) in [4.78, 5) is 14.4. The van der Waals surface area contributed by atoms with Crippen molar-refractivity contribution in [2.45, 2.75) is 72.1 Å². The average Bonchev–Trinajstić information content (AvgIpc) is 2.43. The van der Waals surface area contributed by atoms with Gasteiger partial charge in [-0.1, -0.05) is 52.9 Å². The lowest BCUT2D eigenvalue weighted by atomic mass is 10.0. The van der Waals surface area contributed by atoms with Gasteiger partial charge >= 0.3 is 0 Å². The van der Waals surface area contributed by atoms with Crippen molar-refractivity contribution in [3.05, 3.63) is 0 Å². The van der Waals surface area contributed by atoms with Crippen LogP contribution in [-0.4, -0.2) is 30.4 Å². The monoisotopic (exact) mass is 270 g/mol. The van der Waals surface area contributed by atoms with E-state index in [0.717, 1.165) is 32.4 Å². The zero-order chi connectivity index (χ0) is 14.5. The Balaban J connectivity index is 4.22. The number of hydrogen-bond donors (Lipinski definition) is 1. The number of rotatable bonds is 12. The summed E-state index contributed by atoms with van der Waals surface area (Å²) in [6, 6.07) is 0. The molecule has 1 atom stereocenters. The van der Waals surface area contributed by atoms with E-state index < -0.39 is 0 Å². The molecule has 0 fully saturated rings. The third kappa shape index (κ3) is 9.04. The number of nitrogens with two attached hydrogens (primary N) is 1. The Kier molecular flexibility index (Phi) is 12.1. The summed E-state index contributed by atoms with van der Waals surface area (Å²) in [5, 5.41) is 0. The minimum absolute atomic E-state index is 0.310. The first kappa shape index (κ1) is 18.4. The van der Waals surface area contributed by atoms with E-state index >= 15 is 0 Å². The van der Waals surface area contributed by atoms with Crippen molar-refractivity contribution in [2.75, 3.05) is 19.6 Å². The number of carbonyl (C=O) groups is 1. The molecule has 1 unspecified atom stereocenters. The van der Waals surface area contributed by atoms with Crippen LogP contribution < -0.4 is 5.73 Å². The van der Waals surface area contributed by atoms with Crippen LogP contribution in [0.2, 0.25) is 0 Å². The maximum Gasteiger partial charge on any atom is 0.222 e. The van der Waals surface area contributed by atoms with Crippen LogP contribution in [0.15, 0.2) is 0 Å². The van der Waals surface area contributed by atoms with E-state index in [1.807, 2.05) is 0 Å². The van der Waals surface area contributed by atoms with Gasteiger partial charge < -0.3 is 10.6 Å². The fourth-order valence-electron chi connectivity index (χ4n) is 2.24. The van der Waals surface area contributed by atoms with Crippen LogP contribution in [0.3, 0.4) is 0 Å². The van der Waals surface area contributed by atoms with Crippen LogP contribution in [0.4, 0.5) is 0 Å². The molecule has 19 heavy (non-hydrogen) atoms. The first-order valence-electron chi connectivity index (χ1n) is 8.17. The van der Waals surface area contributed by atoms with E-state index in [-0.39, 0.29) is 0 Å². The van der Waals surface area contributed by atoms with Crippen molar-refractivity contribution in [3.8, 4) is 0 Å². The van der Waals surface area contributed by atoms with Gasteiger partial charge in [-0.15, -0.1) is 0 Å². The van der Waals surface area contributed by atoms with Crippen LogP contribution >= 0.6 is 0 Å². The van der Waals surface area contributed by atoms with Gasteiger partial charge in [-0.3, -0.25) is 4.79 Å². The highest BCUT2D eigenvalue weighted by molar-refractivity contribution is 5.76. The molecule has 0 aromatic carbocycles. The maximum atomic E-state index is 12.3. The van der Waals surface area contributed by atoms with Crippen LogP contribution in [0.1, 0.15) is 72.1 Å².